The quantitative estimate of drug-likeness (QED) is 0.915. The second kappa shape index (κ2) is 7.83. The van der Waals surface area contributed by atoms with Gasteiger partial charge in [0.1, 0.15) is 11.5 Å². The van der Waals surface area contributed by atoms with Crippen molar-refractivity contribution >= 4 is 11.8 Å². The van der Waals surface area contributed by atoms with E-state index in [4.69, 9.17) is 0 Å². The van der Waals surface area contributed by atoms with Crippen LogP contribution < -0.4 is 5.32 Å². The summed E-state index contributed by atoms with van der Waals surface area (Å²) in [6.07, 6.45) is 5.96. The van der Waals surface area contributed by atoms with Crippen LogP contribution in [0.2, 0.25) is 0 Å². The summed E-state index contributed by atoms with van der Waals surface area (Å²) in [5, 5.41) is 2.92. The lowest BCUT2D eigenvalue weighted by Gasteiger charge is -2.32. The van der Waals surface area contributed by atoms with Crippen molar-refractivity contribution in [2.45, 2.75) is 25.3 Å². The molecule has 1 aromatic carbocycles. The molecule has 0 atom stereocenters. The normalized spacial score (nSPS) is 15.0. The molecule has 1 aromatic heterocycles. The van der Waals surface area contributed by atoms with Gasteiger partial charge in [0.05, 0.1) is 12.6 Å². The largest absolute Gasteiger partial charge is 0.348 e. The highest BCUT2D eigenvalue weighted by molar-refractivity contribution is 5.92. The van der Waals surface area contributed by atoms with Gasteiger partial charge in [-0.2, -0.15) is 0 Å². The fourth-order valence-corrected chi connectivity index (χ4v) is 2.88. The van der Waals surface area contributed by atoms with Crippen LogP contribution in [-0.4, -0.2) is 45.8 Å². The molecule has 1 fully saturated rings. The molecule has 2 aromatic rings. The Kier molecular flexibility index (Phi) is 5.33. The van der Waals surface area contributed by atoms with E-state index in [2.05, 4.69) is 15.3 Å². The van der Waals surface area contributed by atoms with E-state index < -0.39 is 0 Å². The van der Waals surface area contributed by atoms with Crippen molar-refractivity contribution in [1.29, 1.82) is 0 Å². The van der Waals surface area contributed by atoms with E-state index in [1.54, 1.807) is 17.0 Å². The fourth-order valence-electron chi connectivity index (χ4n) is 2.88. The van der Waals surface area contributed by atoms with Gasteiger partial charge in [0.2, 0.25) is 5.91 Å². The topological polar surface area (TPSA) is 75.2 Å². The van der Waals surface area contributed by atoms with E-state index in [1.807, 2.05) is 0 Å². The number of hydrogen-bond acceptors (Lipinski definition) is 4. The maximum Gasteiger partial charge on any atom is 0.271 e. The number of amides is 2. The van der Waals surface area contributed by atoms with Gasteiger partial charge in [0.25, 0.3) is 5.91 Å². The van der Waals surface area contributed by atoms with Crippen LogP contribution in [0.5, 0.6) is 0 Å². The standard InChI is InChI=1S/C18H19FN4O2/c19-14-3-1-2-13(10-14)11-17(24)23-8-4-15(5-9-23)22-18(25)16-12-20-6-7-21-16/h1-3,6-7,10,12,15H,4-5,8-9,11H2,(H,22,25). The zero-order valence-electron chi connectivity index (χ0n) is 13.7. The van der Waals surface area contributed by atoms with Gasteiger partial charge in [-0.05, 0) is 30.5 Å². The molecule has 1 N–H and O–H groups in total. The molecule has 25 heavy (non-hydrogen) atoms. The number of piperidine rings is 1. The first-order chi connectivity index (χ1) is 12.1. The lowest BCUT2D eigenvalue weighted by atomic mass is 10.0. The molecule has 2 heterocycles. The molecule has 0 radical (unpaired) electrons. The number of halogens is 1. The van der Waals surface area contributed by atoms with Crippen molar-refractivity contribution in [1.82, 2.24) is 20.2 Å². The number of likely N-dealkylation sites (tertiary alicyclic amines) is 1. The number of carbonyl (C=O) groups excluding carboxylic acids is 2. The minimum absolute atomic E-state index is 0.00715. The van der Waals surface area contributed by atoms with Crippen molar-refractivity contribution < 1.29 is 14.0 Å². The summed E-state index contributed by atoms with van der Waals surface area (Å²) >= 11 is 0. The van der Waals surface area contributed by atoms with E-state index in [9.17, 15) is 14.0 Å². The molecule has 6 nitrogen and oxygen atoms in total. The van der Waals surface area contributed by atoms with Crippen LogP contribution in [0.4, 0.5) is 4.39 Å². The van der Waals surface area contributed by atoms with Crippen LogP contribution >= 0.6 is 0 Å². The highest BCUT2D eigenvalue weighted by Crippen LogP contribution is 2.13. The average Bonchev–Trinajstić information content (AvgIpc) is 2.63. The molecule has 130 valence electrons. The van der Waals surface area contributed by atoms with Gasteiger partial charge in [-0.25, -0.2) is 9.37 Å². The summed E-state index contributed by atoms with van der Waals surface area (Å²) in [6, 6.07) is 6.10. The van der Waals surface area contributed by atoms with Gasteiger partial charge in [-0.15, -0.1) is 0 Å². The first-order valence-corrected chi connectivity index (χ1v) is 8.21. The van der Waals surface area contributed by atoms with Gasteiger partial charge < -0.3 is 10.2 Å². The fraction of sp³-hybridized carbons (Fsp3) is 0.333. The Balaban J connectivity index is 1.48. The van der Waals surface area contributed by atoms with Crippen LogP contribution in [-0.2, 0) is 11.2 Å². The van der Waals surface area contributed by atoms with Crippen molar-refractivity contribution in [3.8, 4) is 0 Å². The third-order valence-corrected chi connectivity index (χ3v) is 4.22. The number of benzene rings is 1. The summed E-state index contributed by atoms with van der Waals surface area (Å²) < 4.78 is 13.2. The van der Waals surface area contributed by atoms with E-state index in [0.29, 0.717) is 31.5 Å². The third-order valence-electron chi connectivity index (χ3n) is 4.22. The van der Waals surface area contributed by atoms with Crippen molar-refractivity contribution in [3.63, 3.8) is 0 Å². The average molecular weight is 342 g/mol. The second-order valence-electron chi connectivity index (χ2n) is 6.03. The highest BCUT2D eigenvalue weighted by Gasteiger charge is 2.24. The van der Waals surface area contributed by atoms with E-state index in [1.165, 1.54) is 30.7 Å². The van der Waals surface area contributed by atoms with Gasteiger partial charge in [0, 0.05) is 31.5 Å². The summed E-state index contributed by atoms with van der Waals surface area (Å²) in [6.45, 7) is 1.14. The predicted molar refractivity (Wildman–Crippen MR) is 89.2 cm³/mol. The van der Waals surface area contributed by atoms with Crippen molar-refractivity contribution in [3.05, 3.63) is 59.9 Å². The summed E-state index contributed by atoms with van der Waals surface area (Å²) in [5.41, 5.74) is 0.954. The Morgan fingerprint density at radius 2 is 2.04 bits per heavy atom. The predicted octanol–water partition coefficient (Wildman–Crippen LogP) is 1.58. The monoisotopic (exact) mass is 342 g/mol. The van der Waals surface area contributed by atoms with Gasteiger partial charge in [-0.3, -0.25) is 14.6 Å². The van der Waals surface area contributed by atoms with Crippen LogP contribution in [0.1, 0.15) is 28.9 Å². The Bertz CT molecular complexity index is 746. The first kappa shape index (κ1) is 17.0. The zero-order chi connectivity index (χ0) is 17.6. The van der Waals surface area contributed by atoms with Crippen LogP contribution in [0.15, 0.2) is 42.9 Å². The summed E-state index contributed by atoms with van der Waals surface area (Å²) in [5.74, 6) is -0.613. The SMILES string of the molecule is O=C(NC1CCN(C(=O)Cc2cccc(F)c2)CC1)c1cnccn1. The van der Waals surface area contributed by atoms with Gasteiger partial charge in [-0.1, -0.05) is 12.1 Å². The smallest absolute Gasteiger partial charge is 0.271 e. The van der Waals surface area contributed by atoms with Crippen molar-refractivity contribution in [2.24, 2.45) is 0 Å². The van der Waals surface area contributed by atoms with Gasteiger partial charge in [0.15, 0.2) is 0 Å². The number of hydrogen-bond donors (Lipinski definition) is 1. The number of carbonyl (C=O) groups is 2. The molecule has 0 unspecified atom stereocenters. The number of aromatic nitrogens is 2. The number of rotatable bonds is 4. The Labute approximate surface area is 145 Å². The molecule has 0 bridgehead atoms. The van der Waals surface area contributed by atoms with Gasteiger partial charge >= 0.3 is 0 Å². The van der Waals surface area contributed by atoms with Crippen LogP contribution in [0.25, 0.3) is 0 Å². The lowest BCUT2D eigenvalue weighted by Crippen LogP contribution is -2.47. The third kappa shape index (κ3) is 4.59. The molecule has 0 saturated carbocycles. The molecule has 2 amide bonds. The van der Waals surface area contributed by atoms with Crippen LogP contribution in [0, 0.1) is 5.82 Å². The number of nitrogens with one attached hydrogen (secondary N) is 1. The highest BCUT2D eigenvalue weighted by atomic mass is 19.1. The minimum atomic E-state index is -0.337. The molecule has 0 spiro atoms. The summed E-state index contributed by atoms with van der Waals surface area (Å²) in [4.78, 5) is 34.0. The maximum atomic E-state index is 13.2. The molecular weight excluding hydrogens is 323 g/mol. The zero-order valence-corrected chi connectivity index (χ0v) is 13.7. The first-order valence-electron chi connectivity index (χ1n) is 8.21. The molecule has 0 aliphatic carbocycles. The summed E-state index contributed by atoms with van der Waals surface area (Å²) in [7, 11) is 0. The Hall–Kier alpha value is -2.83. The Morgan fingerprint density at radius 3 is 2.72 bits per heavy atom. The van der Waals surface area contributed by atoms with E-state index >= 15 is 0 Å². The van der Waals surface area contributed by atoms with E-state index in [0.717, 1.165) is 0 Å². The second-order valence-corrected chi connectivity index (χ2v) is 6.03. The maximum absolute atomic E-state index is 13.2. The number of nitrogens with zero attached hydrogens (tertiary/aromatic N) is 3. The molecule has 1 saturated heterocycles. The van der Waals surface area contributed by atoms with Crippen molar-refractivity contribution in [2.75, 3.05) is 13.1 Å². The minimum Gasteiger partial charge on any atom is -0.348 e. The molecule has 1 aliphatic heterocycles. The molecular formula is C18H19FN4O2. The lowest BCUT2D eigenvalue weighted by molar-refractivity contribution is -0.131. The molecule has 3 rings (SSSR count). The Morgan fingerprint density at radius 1 is 1.24 bits per heavy atom. The molecule has 7 heteroatoms. The van der Waals surface area contributed by atoms with Crippen LogP contribution in [0.3, 0.4) is 0 Å². The molecule has 1 aliphatic rings. The van der Waals surface area contributed by atoms with E-state index in [-0.39, 0.29) is 35.8 Å².